The van der Waals surface area contributed by atoms with Gasteiger partial charge in [0.25, 0.3) is 5.91 Å². The normalized spacial score (nSPS) is 15.4. The van der Waals surface area contributed by atoms with Gasteiger partial charge >= 0.3 is 0 Å². The number of aryl methyl sites for hydroxylation is 1. The van der Waals surface area contributed by atoms with Gasteiger partial charge in [-0.05, 0) is 43.9 Å². The molecule has 3 rings (SSSR count). The summed E-state index contributed by atoms with van der Waals surface area (Å²) in [7, 11) is 0. The van der Waals surface area contributed by atoms with Crippen molar-refractivity contribution in [2.24, 2.45) is 5.92 Å². The van der Waals surface area contributed by atoms with Gasteiger partial charge in [0.1, 0.15) is 5.69 Å². The summed E-state index contributed by atoms with van der Waals surface area (Å²) in [5, 5.41) is 0. The first-order chi connectivity index (χ1) is 11.2. The molecule has 0 unspecified atom stereocenters. The minimum absolute atomic E-state index is 0.0190. The van der Waals surface area contributed by atoms with E-state index < -0.39 is 0 Å². The van der Waals surface area contributed by atoms with Crippen molar-refractivity contribution in [3.05, 3.63) is 54.0 Å². The highest BCUT2D eigenvalue weighted by Crippen LogP contribution is 2.21. The number of hydrogen-bond donors (Lipinski definition) is 0. The molecular formula is C18H21N3O2. The molecule has 2 aromatic heterocycles. The lowest BCUT2D eigenvalue weighted by atomic mass is 9.97. The predicted octanol–water partition coefficient (Wildman–Crippen LogP) is 2.72. The number of carbonyl (C=O) groups excluding carboxylic acids is 1. The van der Waals surface area contributed by atoms with Gasteiger partial charge in [0.05, 0.1) is 6.61 Å². The molecule has 5 nitrogen and oxygen atoms in total. The summed E-state index contributed by atoms with van der Waals surface area (Å²) in [5.41, 5.74) is 1.57. The Morgan fingerprint density at radius 1 is 1.17 bits per heavy atom. The van der Waals surface area contributed by atoms with Gasteiger partial charge in [0, 0.05) is 31.0 Å². The van der Waals surface area contributed by atoms with Crippen molar-refractivity contribution in [3.8, 4) is 5.88 Å². The van der Waals surface area contributed by atoms with Crippen LogP contribution in [0.15, 0.2) is 42.7 Å². The van der Waals surface area contributed by atoms with E-state index in [0.29, 0.717) is 24.1 Å². The van der Waals surface area contributed by atoms with Crippen molar-refractivity contribution in [3.63, 3.8) is 0 Å². The molecule has 0 saturated carbocycles. The predicted molar refractivity (Wildman–Crippen MR) is 87.3 cm³/mol. The lowest BCUT2D eigenvalue weighted by molar-refractivity contribution is 0.0653. The van der Waals surface area contributed by atoms with Crippen LogP contribution in [0, 0.1) is 12.8 Å². The van der Waals surface area contributed by atoms with E-state index in [0.717, 1.165) is 31.5 Å². The minimum atomic E-state index is 0.0190. The van der Waals surface area contributed by atoms with E-state index in [-0.39, 0.29) is 5.91 Å². The van der Waals surface area contributed by atoms with Crippen LogP contribution in [0.3, 0.4) is 0 Å². The van der Waals surface area contributed by atoms with Crippen LogP contribution in [0.4, 0.5) is 0 Å². The van der Waals surface area contributed by atoms with E-state index in [2.05, 4.69) is 9.97 Å². The second kappa shape index (κ2) is 7.22. The zero-order chi connectivity index (χ0) is 16.1. The zero-order valence-corrected chi connectivity index (χ0v) is 13.3. The second-order valence-corrected chi connectivity index (χ2v) is 5.89. The number of pyridine rings is 2. The molecule has 2 aromatic rings. The molecule has 1 amide bonds. The molecule has 23 heavy (non-hydrogen) atoms. The number of likely N-dealkylation sites (tertiary alicyclic amines) is 1. The van der Waals surface area contributed by atoms with E-state index in [9.17, 15) is 4.79 Å². The fourth-order valence-electron chi connectivity index (χ4n) is 2.77. The van der Waals surface area contributed by atoms with Gasteiger partial charge in [-0.1, -0.05) is 12.1 Å². The van der Waals surface area contributed by atoms with E-state index in [1.807, 2.05) is 36.1 Å². The van der Waals surface area contributed by atoms with Gasteiger partial charge < -0.3 is 9.64 Å². The number of hydrogen-bond acceptors (Lipinski definition) is 4. The summed E-state index contributed by atoms with van der Waals surface area (Å²) in [6.07, 6.45) is 5.30. The van der Waals surface area contributed by atoms with Crippen LogP contribution in [0.25, 0.3) is 0 Å². The molecule has 0 aromatic carbocycles. The van der Waals surface area contributed by atoms with E-state index >= 15 is 0 Å². The third-order valence-corrected chi connectivity index (χ3v) is 4.20. The van der Waals surface area contributed by atoms with Crippen LogP contribution < -0.4 is 4.74 Å². The van der Waals surface area contributed by atoms with Crippen molar-refractivity contribution in [1.29, 1.82) is 0 Å². The SMILES string of the molecule is Cc1cccnc1OCC1CCN(C(=O)c2ccccn2)CC1. The monoisotopic (exact) mass is 311 g/mol. The average Bonchev–Trinajstić information content (AvgIpc) is 2.62. The molecule has 0 spiro atoms. The third kappa shape index (κ3) is 3.86. The first-order valence-electron chi connectivity index (χ1n) is 7.99. The molecule has 120 valence electrons. The van der Waals surface area contributed by atoms with Crippen molar-refractivity contribution < 1.29 is 9.53 Å². The third-order valence-electron chi connectivity index (χ3n) is 4.20. The van der Waals surface area contributed by atoms with Crippen molar-refractivity contribution in [2.75, 3.05) is 19.7 Å². The molecule has 1 aliphatic rings. The Hall–Kier alpha value is -2.43. The average molecular weight is 311 g/mol. The van der Waals surface area contributed by atoms with Crippen LogP contribution in [-0.4, -0.2) is 40.5 Å². The van der Waals surface area contributed by atoms with E-state index in [4.69, 9.17) is 4.74 Å². The molecule has 0 N–H and O–H groups in total. The summed E-state index contributed by atoms with van der Waals surface area (Å²) in [6, 6.07) is 9.33. The largest absolute Gasteiger partial charge is 0.477 e. The van der Waals surface area contributed by atoms with Crippen molar-refractivity contribution in [1.82, 2.24) is 14.9 Å². The molecule has 0 aliphatic carbocycles. The smallest absolute Gasteiger partial charge is 0.272 e. The standard InChI is InChI=1S/C18H21N3O2/c1-14-5-4-10-20-17(14)23-13-15-7-11-21(12-8-15)18(22)16-6-2-3-9-19-16/h2-6,9-10,15H,7-8,11-13H2,1H3. The molecular weight excluding hydrogens is 290 g/mol. The van der Waals surface area contributed by atoms with Gasteiger partial charge in [-0.25, -0.2) is 4.98 Å². The maximum absolute atomic E-state index is 12.4. The summed E-state index contributed by atoms with van der Waals surface area (Å²) in [4.78, 5) is 22.6. The summed E-state index contributed by atoms with van der Waals surface area (Å²) >= 11 is 0. The summed E-state index contributed by atoms with van der Waals surface area (Å²) in [6.45, 7) is 4.16. The Kier molecular flexibility index (Phi) is 4.86. The molecule has 0 radical (unpaired) electrons. The molecule has 0 bridgehead atoms. The molecule has 5 heteroatoms. The molecule has 1 fully saturated rings. The number of rotatable bonds is 4. The highest BCUT2D eigenvalue weighted by molar-refractivity contribution is 5.92. The Morgan fingerprint density at radius 3 is 2.65 bits per heavy atom. The quantitative estimate of drug-likeness (QED) is 0.871. The van der Waals surface area contributed by atoms with E-state index in [1.165, 1.54) is 0 Å². The number of ether oxygens (including phenoxy) is 1. The zero-order valence-electron chi connectivity index (χ0n) is 13.3. The van der Waals surface area contributed by atoms with Crippen LogP contribution in [0.1, 0.15) is 28.9 Å². The first-order valence-corrected chi connectivity index (χ1v) is 7.99. The van der Waals surface area contributed by atoms with Crippen LogP contribution in [0.2, 0.25) is 0 Å². The first kappa shape index (κ1) is 15.5. The fourth-order valence-corrected chi connectivity index (χ4v) is 2.77. The van der Waals surface area contributed by atoms with Crippen molar-refractivity contribution >= 4 is 5.91 Å². The van der Waals surface area contributed by atoms with Crippen molar-refractivity contribution in [2.45, 2.75) is 19.8 Å². The van der Waals surface area contributed by atoms with E-state index in [1.54, 1.807) is 18.5 Å². The maximum atomic E-state index is 12.4. The molecule has 0 atom stereocenters. The summed E-state index contributed by atoms with van der Waals surface area (Å²) < 4.78 is 5.83. The Bertz CT molecular complexity index is 652. The Morgan fingerprint density at radius 2 is 1.96 bits per heavy atom. The second-order valence-electron chi connectivity index (χ2n) is 5.89. The maximum Gasteiger partial charge on any atom is 0.272 e. The molecule has 1 aliphatic heterocycles. The van der Waals surface area contributed by atoms with Gasteiger partial charge in [-0.2, -0.15) is 0 Å². The van der Waals surface area contributed by atoms with Gasteiger partial charge in [-0.15, -0.1) is 0 Å². The van der Waals surface area contributed by atoms with Gasteiger partial charge in [-0.3, -0.25) is 9.78 Å². The number of nitrogens with zero attached hydrogens (tertiary/aromatic N) is 3. The van der Waals surface area contributed by atoms with Crippen LogP contribution in [-0.2, 0) is 0 Å². The van der Waals surface area contributed by atoms with Crippen LogP contribution >= 0.6 is 0 Å². The molecule has 1 saturated heterocycles. The Labute approximate surface area is 136 Å². The molecule has 3 heterocycles. The number of aromatic nitrogens is 2. The Balaban J connectivity index is 1.49. The lowest BCUT2D eigenvalue weighted by Crippen LogP contribution is -2.40. The number of carbonyl (C=O) groups is 1. The van der Waals surface area contributed by atoms with Gasteiger partial charge in [0.2, 0.25) is 5.88 Å². The summed E-state index contributed by atoms with van der Waals surface area (Å²) in [5.74, 6) is 1.19. The fraction of sp³-hybridized carbons (Fsp3) is 0.389. The highest BCUT2D eigenvalue weighted by atomic mass is 16.5. The van der Waals surface area contributed by atoms with Gasteiger partial charge in [0.15, 0.2) is 0 Å². The number of piperidine rings is 1. The highest BCUT2D eigenvalue weighted by Gasteiger charge is 2.24. The minimum Gasteiger partial charge on any atom is -0.477 e. The topological polar surface area (TPSA) is 55.3 Å². The lowest BCUT2D eigenvalue weighted by Gasteiger charge is -2.31. The number of amides is 1. The van der Waals surface area contributed by atoms with Crippen LogP contribution in [0.5, 0.6) is 5.88 Å².